The Morgan fingerprint density at radius 2 is 2.14 bits per heavy atom. The Labute approximate surface area is 89.5 Å². The topological polar surface area (TPSA) is 69.6 Å². The number of anilines is 1. The van der Waals surface area contributed by atoms with Crippen molar-refractivity contribution in [3.63, 3.8) is 0 Å². The van der Waals surface area contributed by atoms with Gasteiger partial charge in [-0.05, 0) is 29.8 Å². The molecule has 2 rings (SSSR count). The van der Waals surface area contributed by atoms with Crippen LogP contribution in [0.5, 0.6) is 0 Å². The van der Waals surface area contributed by atoms with Crippen LogP contribution in [0.15, 0.2) is 10.9 Å². The third-order valence-electron chi connectivity index (χ3n) is 1.94. The minimum Gasteiger partial charge on any atom is -0.368 e. The predicted octanol–water partition coefficient (Wildman–Crippen LogP) is 1.75. The fraction of sp³-hybridized carbons (Fsp3) is 0.375. The van der Waals surface area contributed by atoms with Crippen LogP contribution in [0.2, 0.25) is 0 Å². The van der Waals surface area contributed by atoms with Crippen molar-refractivity contribution in [3.8, 4) is 0 Å². The summed E-state index contributed by atoms with van der Waals surface area (Å²) in [6.45, 7) is 4.14. The molecule has 0 spiro atoms. The molecular formula is C8H10BrN5. The summed E-state index contributed by atoms with van der Waals surface area (Å²) in [5, 5.41) is 0. The van der Waals surface area contributed by atoms with Crippen molar-refractivity contribution >= 4 is 33.0 Å². The average molecular weight is 256 g/mol. The summed E-state index contributed by atoms with van der Waals surface area (Å²) in [4.78, 5) is 12.2. The number of rotatable bonds is 1. The standard InChI is InChI=1S/C8H10BrN5/c1-4(2)14-5-3-11-8(10)13-6(5)12-7(14)9/h3-4H,1-2H3,(H2,10,11,13). The van der Waals surface area contributed by atoms with Crippen molar-refractivity contribution in [2.45, 2.75) is 19.9 Å². The zero-order valence-electron chi connectivity index (χ0n) is 7.90. The van der Waals surface area contributed by atoms with Gasteiger partial charge in [-0.3, -0.25) is 0 Å². The molecule has 2 aromatic rings. The van der Waals surface area contributed by atoms with E-state index in [0.717, 1.165) is 10.3 Å². The molecule has 0 aliphatic heterocycles. The van der Waals surface area contributed by atoms with Gasteiger partial charge in [-0.15, -0.1) is 0 Å². The molecule has 2 N–H and O–H groups in total. The van der Waals surface area contributed by atoms with Gasteiger partial charge < -0.3 is 10.3 Å². The molecule has 5 nitrogen and oxygen atoms in total. The molecule has 0 amide bonds. The molecule has 0 radical (unpaired) electrons. The minimum atomic E-state index is 0.249. The zero-order chi connectivity index (χ0) is 10.3. The van der Waals surface area contributed by atoms with Crippen LogP contribution in [-0.2, 0) is 0 Å². The van der Waals surface area contributed by atoms with Crippen molar-refractivity contribution in [2.75, 3.05) is 5.73 Å². The summed E-state index contributed by atoms with van der Waals surface area (Å²) in [6, 6.07) is 0.307. The number of nitrogens with two attached hydrogens (primary N) is 1. The predicted molar refractivity (Wildman–Crippen MR) is 57.8 cm³/mol. The molecule has 0 saturated carbocycles. The smallest absolute Gasteiger partial charge is 0.222 e. The zero-order valence-corrected chi connectivity index (χ0v) is 9.48. The molecule has 14 heavy (non-hydrogen) atoms. The fourth-order valence-electron chi connectivity index (χ4n) is 1.36. The van der Waals surface area contributed by atoms with Crippen LogP contribution in [0, 0.1) is 0 Å². The van der Waals surface area contributed by atoms with Gasteiger partial charge in [0.1, 0.15) is 5.52 Å². The first-order valence-electron chi connectivity index (χ1n) is 4.25. The molecule has 0 bridgehead atoms. The lowest BCUT2D eigenvalue weighted by molar-refractivity contribution is 0.604. The number of nitrogens with zero attached hydrogens (tertiary/aromatic N) is 4. The van der Waals surface area contributed by atoms with E-state index in [1.807, 2.05) is 4.57 Å². The highest BCUT2D eigenvalue weighted by atomic mass is 79.9. The molecule has 0 aliphatic carbocycles. The summed E-state index contributed by atoms with van der Waals surface area (Å²) in [5.41, 5.74) is 6.99. The van der Waals surface area contributed by atoms with E-state index in [-0.39, 0.29) is 5.95 Å². The Bertz CT molecular complexity index is 476. The van der Waals surface area contributed by atoms with Crippen LogP contribution in [0.3, 0.4) is 0 Å². The Morgan fingerprint density at radius 3 is 2.79 bits per heavy atom. The molecule has 0 aliphatic rings. The second-order valence-electron chi connectivity index (χ2n) is 3.28. The monoisotopic (exact) mass is 255 g/mol. The van der Waals surface area contributed by atoms with Gasteiger partial charge in [-0.2, -0.15) is 4.98 Å². The Hall–Kier alpha value is -1.17. The first-order chi connectivity index (χ1) is 6.59. The lowest BCUT2D eigenvalue weighted by Gasteiger charge is -2.08. The number of imidazole rings is 1. The van der Waals surface area contributed by atoms with Crippen LogP contribution in [-0.4, -0.2) is 19.5 Å². The number of aromatic nitrogens is 4. The summed E-state index contributed by atoms with van der Waals surface area (Å²) in [6.07, 6.45) is 1.69. The number of halogens is 1. The lowest BCUT2D eigenvalue weighted by atomic mass is 10.4. The number of fused-ring (bicyclic) bond motifs is 1. The van der Waals surface area contributed by atoms with Crippen molar-refractivity contribution in [2.24, 2.45) is 0 Å². The number of hydrogen-bond acceptors (Lipinski definition) is 4. The molecule has 2 heterocycles. The molecule has 0 atom stereocenters. The van der Waals surface area contributed by atoms with Crippen LogP contribution < -0.4 is 5.73 Å². The molecule has 0 fully saturated rings. The van der Waals surface area contributed by atoms with Crippen molar-refractivity contribution in [1.29, 1.82) is 0 Å². The van der Waals surface area contributed by atoms with E-state index in [1.54, 1.807) is 6.20 Å². The first kappa shape index (κ1) is 9.39. The van der Waals surface area contributed by atoms with Crippen molar-refractivity contribution in [1.82, 2.24) is 19.5 Å². The highest BCUT2D eigenvalue weighted by Crippen LogP contribution is 2.22. The van der Waals surface area contributed by atoms with E-state index in [4.69, 9.17) is 5.73 Å². The van der Waals surface area contributed by atoms with Crippen LogP contribution in [0.1, 0.15) is 19.9 Å². The van der Waals surface area contributed by atoms with Gasteiger partial charge in [-0.1, -0.05) is 0 Å². The average Bonchev–Trinajstić information content (AvgIpc) is 2.39. The second kappa shape index (κ2) is 3.20. The van der Waals surface area contributed by atoms with Gasteiger partial charge in [0.15, 0.2) is 10.4 Å². The number of hydrogen-bond donors (Lipinski definition) is 1. The maximum Gasteiger partial charge on any atom is 0.222 e. The van der Waals surface area contributed by atoms with E-state index in [1.165, 1.54) is 0 Å². The van der Waals surface area contributed by atoms with Crippen LogP contribution in [0.4, 0.5) is 5.95 Å². The Balaban J connectivity index is 2.77. The van der Waals surface area contributed by atoms with Crippen LogP contribution in [0.25, 0.3) is 11.2 Å². The van der Waals surface area contributed by atoms with Gasteiger partial charge in [0.2, 0.25) is 5.95 Å². The highest BCUT2D eigenvalue weighted by Gasteiger charge is 2.12. The highest BCUT2D eigenvalue weighted by molar-refractivity contribution is 9.10. The van der Waals surface area contributed by atoms with Crippen molar-refractivity contribution in [3.05, 3.63) is 10.9 Å². The van der Waals surface area contributed by atoms with Gasteiger partial charge in [-0.25, -0.2) is 9.97 Å². The normalized spacial score (nSPS) is 11.4. The Kier molecular flexibility index (Phi) is 2.14. The summed E-state index contributed by atoms with van der Waals surface area (Å²) >= 11 is 3.38. The largest absolute Gasteiger partial charge is 0.368 e. The third kappa shape index (κ3) is 1.35. The van der Waals surface area contributed by atoms with Gasteiger partial charge in [0.25, 0.3) is 0 Å². The molecule has 6 heteroatoms. The minimum absolute atomic E-state index is 0.249. The van der Waals surface area contributed by atoms with Crippen LogP contribution >= 0.6 is 15.9 Å². The van der Waals surface area contributed by atoms with E-state index in [0.29, 0.717) is 11.7 Å². The van der Waals surface area contributed by atoms with E-state index in [9.17, 15) is 0 Å². The first-order valence-corrected chi connectivity index (χ1v) is 5.05. The quantitative estimate of drug-likeness (QED) is 0.789. The maximum atomic E-state index is 5.47. The summed E-state index contributed by atoms with van der Waals surface area (Å²) in [5.74, 6) is 0.249. The van der Waals surface area contributed by atoms with E-state index < -0.39 is 0 Å². The van der Waals surface area contributed by atoms with E-state index >= 15 is 0 Å². The molecule has 74 valence electrons. The second-order valence-corrected chi connectivity index (χ2v) is 3.99. The molecule has 0 unspecified atom stereocenters. The van der Waals surface area contributed by atoms with Gasteiger partial charge >= 0.3 is 0 Å². The fourth-order valence-corrected chi connectivity index (χ4v) is 2.13. The van der Waals surface area contributed by atoms with Gasteiger partial charge in [0.05, 0.1) is 6.20 Å². The lowest BCUT2D eigenvalue weighted by Crippen LogP contribution is -2.01. The van der Waals surface area contributed by atoms with Crippen molar-refractivity contribution < 1.29 is 0 Å². The SMILES string of the molecule is CC(C)n1c(Br)nc2nc(N)ncc21. The molecular weight excluding hydrogens is 246 g/mol. The third-order valence-corrected chi connectivity index (χ3v) is 2.50. The summed E-state index contributed by atoms with van der Waals surface area (Å²) < 4.78 is 2.76. The summed E-state index contributed by atoms with van der Waals surface area (Å²) in [7, 11) is 0. The maximum absolute atomic E-state index is 5.47. The van der Waals surface area contributed by atoms with Gasteiger partial charge in [0, 0.05) is 6.04 Å². The molecule has 2 aromatic heterocycles. The number of nitrogen functional groups attached to an aromatic ring is 1. The molecule has 0 aromatic carbocycles. The van der Waals surface area contributed by atoms with E-state index in [2.05, 4.69) is 44.7 Å². The molecule has 0 saturated heterocycles. The Morgan fingerprint density at radius 1 is 1.43 bits per heavy atom.